The molecule has 1 unspecified atom stereocenters. The SMILES string of the molecule is CCCCC[C@H](O)/C=C/[C@H]1[C@H](O)CC(=O)[C@@H]1C/C=C\CCCC(=O)O[C@H](COC(=O)CCCCCCCCc1oc(CCC)c(C)c1C)COP(=O)([O-])OCC[N+](C)(C)C. The number of ether oxygens (including phenoxy) is 2. The lowest BCUT2D eigenvalue weighted by molar-refractivity contribution is -0.870. The van der Waals surface area contributed by atoms with Gasteiger partial charge < -0.3 is 42.5 Å². The molecule has 344 valence electrons. The van der Waals surface area contributed by atoms with E-state index in [2.05, 4.69) is 27.7 Å². The van der Waals surface area contributed by atoms with Crippen LogP contribution in [0.1, 0.15) is 146 Å². The zero-order chi connectivity index (χ0) is 44.6. The van der Waals surface area contributed by atoms with E-state index in [0.717, 1.165) is 82.1 Å². The standard InChI is InChI=1S/C46H78NO12P/c1-8-10-17-23-37(48)28-29-40-39(41(49)32-42(40)50)24-18-15-16-21-27-46(52)58-38(34-57-60(53,54)56-31-30-47(5,6)7)33-55-45(51)26-20-14-12-11-13-19-25-44-36(4)35(3)43(59-44)22-9-2/h15,18,28-29,37-40,42,48,50H,8-14,16-17,19-27,30-34H2,1-7H3/b18-15-,29-28+/t37-,38+,39+,40+,42+/m0/s1. The van der Waals surface area contributed by atoms with Crippen molar-refractivity contribution in [3.05, 3.63) is 47.0 Å². The maximum absolute atomic E-state index is 12.8. The average Bonchev–Trinajstić information content (AvgIpc) is 3.60. The predicted molar refractivity (Wildman–Crippen MR) is 231 cm³/mol. The van der Waals surface area contributed by atoms with Crippen molar-refractivity contribution in [2.45, 2.75) is 168 Å². The Labute approximate surface area is 360 Å². The van der Waals surface area contributed by atoms with E-state index < -0.39 is 44.7 Å². The fourth-order valence-electron chi connectivity index (χ4n) is 7.15. The number of ketones is 1. The van der Waals surface area contributed by atoms with Crippen molar-refractivity contribution < 1.29 is 61.5 Å². The van der Waals surface area contributed by atoms with E-state index in [4.69, 9.17) is 22.9 Å². The van der Waals surface area contributed by atoms with Gasteiger partial charge in [0.05, 0.1) is 40.0 Å². The zero-order valence-electron chi connectivity index (χ0n) is 37.8. The molecule has 0 spiro atoms. The molecule has 1 aromatic heterocycles. The molecule has 0 radical (unpaired) electrons. The molecule has 1 saturated carbocycles. The summed E-state index contributed by atoms with van der Waals surface area (Å²) in [7, 11) is 0.971. The smallest absolute Gasteiger partial charge is 0.306 e. The van der Waals surface area contributed by atoms with Crippen LogP contribution in [0.15, 0.2) is 28.7 Å². The number of Topliss-reactive ketones (excluding diaryl/α,β-unsaturated/α-hetero) is 1. The summed E-state index contributed by atoms with van der Waals surface area (Å²) in [5.41, 5.74) is 2.54. The van der Waals surface area contributed by atoms with E-state index in [0.29, 0.717) is 43.1 Å². The lowest BCUT2D eigenvalue weighted by Gasteiger charge is -2.28. The number of allylic oxidation sites excluding steroid dienone is 2. The van der Waals surface area contributed by atoms with Gasteiger partial charge in [0.25, 0.3) is 7.82 Å². The van der Waals surface area contributed by atoms with Gasteiger partial charge in [0.2, 0.25) is 0 Å². The maximum atomic E-state index is 12.8. The Hall–Kier alpha value is -2.64. The molecule has 1 fully saturated rings. The van der Waals surface area contributed by atoms with E-state index in [1.54, 1.807) is 12.2 Å². The van der Waals surface area contributed by atoms with Gasteiger partial charge in [-0.1, -0.05) is 83.1 Å². The van der Waals surface area contributed by atoms with E-state index >= 15 is 0 Å². The van der Waals surface area contributed by atoms with Crippen LogP contribution >= 0.6 is 7.82 Å². The molecule has 2 N–H and O–H groups in total. The number of nitrogens with zero attached hydrogens (tertiary/aromatic N) is 1. The Morgan fingerprint density at radius 3 is 2.23 bits per heavy atom. The quantitative estimate of drug-likeness (QED) is 0.0229. The van der Waals surface area contributed by atoms with Gasteiger partial charge in [-0.15, -0.1) is 0 Å². The fraction of sp³-hybridized carbons (Fsp3) is 0.761. The number of aliphatic hydroxyl groups excluding tert-OH is 2. The highest BCUT2D eigenvalue weighted by Gasteiger charge is 2.39. The lowest BCUT2D eigenvalue weighted by Crippen LogP contribution is -2.37. The van der Waals surface area contributed by atoms with Gasteiger partial charge in [-0.2, -0.15) is 0 Å². The summed E-state index contributed by atoms with van der Waals surface area (Å²) in [4.78, 5) is 50.5. The van der Waals surface area contributed by atoms with Gasteiger partial charge in [0.1, 0.15) is 37.1 Å². The Kier molecular flexibility index (Phi) is 25.7. The number of hydrogen-bond acceptors (Lipinski definition) is 12. The zero-order valence-corrected chi connectivity index (χ0v) is 38.7. The van der Waals surface area contributed by atoms with Crippen molar-refractivity contribution >= 4 is 25.5 Å². The number of carbonyl (C=O) groups is 3. The number of quaternary nitrogens is 1. The molecule has 1 heterocycles. The van der Waals surface area contributed by atoms with Crippen molar-refractivity contribution in [3.8, 4) is 0 Å². The first-order chi connectivity index (χ1) is 28.5. The second-order valence-corrected chi connectivity index (χ2v) is 18.8. The highest BCUT2D eigenvalue weighted by molar-refractivity contribution is 7.45. The first-order valence-corrected chi connectivity index (χ1v) is 24.0. The van der Waals surface area contributed by atoms with Crippen molar-refractivity contribution in [2.24, 2.45) is 11.8 Å². The monoisotopic (exact) mass is 868 g/mol. The van der Waals surface area contributed by atoms with Crippen LogP contribution in [-0.4, -0.2) is 98.2 Å². The number of aryl methyl sites for hydroxylation is 2. The van der Waals surface area contributed by atoms with E-state index in [9.17, 15) is 34.1 Å². The Bertz CT molecular complexity index is 1510. The molecular weight excluding hydrogens is 789 g/mol. The molecule has 0 amide bonds. The highest BCUT2D eigenvalue weighted by atomic mass is 31.2. The number of rotatable bonds is 33. The van der Waals surface area contributed by atoms with Crippen molar-refractivity contribution in [3.63, 3.8) is 0 Å². The molecule has 6 atom stereocenters. The molecule has 2 rings (SSSR count). The second-order valence-electron chi connectivity index (χ2n) is 17.4. The molecule has 0 saturated heterocycles. The molecule has 1 aliphatic rings. The molecule has 1 aromatic rings. The summed E-state index contributed by atoms with van der Waals surface area (Å²) in [6.07, 6.45) is 18.7. The lowest BCUT2D eigenvalue weighted by atomic mass is 9.90. The number of aliphatic hydroxyl groups is 2. The number of phosphoric acid groups is 1. The summed E-state index contributed by atoms with van der Waals surface area (Å²) in [6.45, 7) is 7.93. The summed E-state index contributed by atoms with van der Waals surface area (Å²) in [5, 5.41) is 20.7. The number of esters is 2. The molecule has 0 aromatic carbocycles. The fourth-order valence-corrected chi connectivity index (χ4v) is 7.88. The molecular formula is C46H78NO12P. The summed E-state index contributed by atoms with van der Waals surface area (Å²) < 4.78 is 40.0. The Balaban J connectivity index is 1.79. The second kappa shape index (κ2) is 28.9. The van der Waals surface area contributed by atoms with Crippen LogP contribution in [0.5, 0.6) is 0 Å². The largest absolute Gasteiger partial charge is 0.756 e. The first kappa shape index (κ1) is 53.5. The van der Waals surface area contributed by atoms with Crippen molar-refractivity contribution in [1.29, 1.82) is 0 Å². The van der Waals surface area contributed by atoms with Crippen LogP contribution in [0.3, 0.4) is 0 Å². The number of unbranched alkanes of at least 4 members (excludes halogenated alkanes) is 8. The Morgan fingerprint density at radius 2 is 1.55 bits per heavy atom. The van der Waals surface area contributed by atoms with Gasteiger partial charge >= 0.3 is 11.9 Å². The van der Waals surface area contributed by atoms with Gasteiger partial charge in [-0.25, -0.2) is 0 Å². The van der Waals surface area contributed by atoms with Crippen LogP contribution in [0, 0.1) is 25.7 Å². The van der Waals surface area contributed by atoms with Gasteiger partial charge in [0, 0.05) is 43.9 Å². The van der Waals surface area contributed by atoms with Crippen LogP contribution in [-0.2, 0) is 50.3 Å². The number of likely N-dealkylation sites (N-methyl/N-ethyl adjacent to an activating group) is 1. The van der Waals surface area contributed by atoms with Gasteiger partial charge in [-0.3, -0.25) is 18.9 Å². The van der Waals surface area contributed by atoms with E-state index in [1.807, 2.05) is 33.3 Å². The summed E-state index contributed by atoms with van der Waals surface area (Å²) >= 11 is 0. The molecule has 0 aliphatic heterocycles. The number of furan rings is 1. The van der Waals surface area contributed by atoms with Crippen LogP contribution in [0.25, 0.3) is 0 Å². The van der Waals surface area contributed by atoms with Crippen LogP contribution in [0.2, 0.25) is 0 Å². The topological polar surface area (TPSA) is 182 Å². The third-order valence-electron chi connectivity index (χ3n) is 11.0. The maximum Gasteiger partial charge on any atom is 0.306 e. The minimum atomic E-state index is -4.72. The molecule has 0 bridgehead atoms. The number of hydrogen-bond donors (Lipinski definition) is 2. The van der Waals surface area contributed by atoms with Crippen LogP contribution in [0.4, 0.5) is 0 Å². The Morgan fingerprint density at radius 1 is 0.883 bits per heavy atom. The predicted octanol–water partition coefficient (Wildman–Crippen LogP) is 7.97. The molecule has 14 heteroatoms. The van der Waals surface area contributed by atoms with Gasteiger partial charge in [0.15, 0.2) is 6.10 Å². The third-order valence-corrected chi connectivity index (χ3v) is 12.0. The highest BCUT2D eigenvalue weighted by Crippen LogP contribution is 2.38. The van der Waals surface area contributed by atoms with Crippen LogP contribution < -0.4 is 4.89 Å². The summed E-state index contributed by atoms with van der Waals surface area (Å²) in [6, 6.07) is 0. The molecule has 13 nitrogen and oxygen atoms in total. The number of phosphoric ester groups is 1. The van der Waals surface area contributed by atoms with Crippen molar-refractivity contribution in [1.82, 2.24) is 0 Å². The van der Waals surface area contributed by atoms with Crippen molar-refractivity contribution in [2.75, 3.05) is 47.5 Å². The molecule has 60 heavy (non-hydrogen) atoms. The minimum Gasteiger partial charge on any atom is -0.756 e. The first-order valence-electron chi connectivity index (χ1n) is 22.5. The normalized spacial score (nSPS) is 19.3. The minimum absolute atomic E-state index is 0.0141. The molecule has 1 aliphatic carbocycles. The number of carbonyl (C=O) groups excluding carboxylic acids is 3. The third kappa shape index (κ3) is 22.5. The summed E-state index contributed by atoms with van der Waals surface area (Å²) in [5.74, 6) is 0.374. The van der Waals surface area contributed by atoms with Gasteiger partial charge in [-0.05, 0) is 69.9 Å². The van der Waals surface area contributed by atoms with E-state index in [-0.39, 0.29) is 50.1 Å². The average molecular weight is 868 g/mol. The van der Waals surface area contributed by atoms with E-state index in [1.165, 1.54) is 11.1 Å².